The molecule has 92 valence electrons. The predicted octanol–water partition coefficient (Wildman–Crippen LogP) is 1.35. The Kier molecular flexibility index (Phi) is 2.71. The van der Waals surface area contributed by atoms with Crippen molar-refractivity contribution in [2.75, 3.05) is 0 Å². The van der Waals surface area contributed by atoms with E-state index in [2.05, 4.69) is 20.1 Å². The van der Waals surface area contributed by atoms with E-state index in [0.717, 1.165) is 22.7 Å². The Bertz CT molecular complexity index is 686. The summed E-state index contributed by atoms with van der Waals surface area (Å²) in [6.45, 7) is 0.559. The van der Waals surface area contributed by atoms with Crippen LogP contribution in [0.5, 0.6) is 0 Å². The third-order valence-electron chi connectivity index (χ3n) is 2.70. The van der Waals surface area contributed by atoms with Gasteiger partial charge in [-0.25, -0.2) is 9.97 Å². The fourth-order valence-corrected chi connectivity index (χ4v) is 2.11. The summed E-state index contributed by atoms with van der Waals surface area (Å²) < 4.78 is 3.69. The van der Waals surface area contributed by atoms with Gasteiger partial charge in [0.2, 0.25) is 0 Å². The zero-order chi connectivity index (χ0) is 12.5. The van der Waals surface area contributed by atoms with Crippen LogP contribution in [-0.2, 0) is 19.5 Å². The first kappa shape index (κ1) is 11.2. The number of aryl methyl sites for hydroxylation is 1. The van der Waals surface area contributed by atoms with Gasteiger partial charge in [0.15, 0.2) is 5.82 Å². The molecule has 0 unspecified atom stereocenters. The molecule has 3 aromatic heterocycles. The van der Waals surface area contributed by atoms with Crippen LogP contribution in [0.2, 0.25) is 0 Å². The van der Waals surface area contributed by atoms with Crippen molar-refractivity contribution < 1.29 is 0 Å². The van der Waals surface area contributed by atoms with E-state index < -0.39 is 0 Å². The maximum absolute atomic E-state index is 5.93. The summed E-state index contributed by atoms with van der Waals surface area (Å²) in [6, 6.07) is 1.92. The minimum absolute atomic E-state index is 0.349. The molecule has 3 aromatic rings. The van der Waals surface area contributed by atoms with Crippen LogP contribution in [0.1, 0.15) is 11.6 Å². The monoisotopic (exact) mass is 262 g/mol. The van der Waals surface area contributed by atoms with Gasteiger partial charge in [0.1, 0.15) is 17.7 Å². The predicted molar refractivity (Wildman–Crippen MR) is 67.2 cm³/mol. The highest BCUT2D eigenvalue weighted by Gasteiger charge is 2.11. The van der Waals surface area contributed by atoms with E-state index >= 15 is 0 Å². The highest BCUT2D eigenvalue weighted by Crippen LogP contribution is 2.17. The molecule has 0 fully saturated rings. The van der Waals surface area contributed by atoms with Gasteiger partial charge in [-0.1, -0.05) is 0 Å². The zero-order valence-corrected chi connectivity index (χ0v) is 10.5. The van der Waals surface area contributed by atoms with Crippen molar-refractivity contribution in [2.24, 2.45) is 7.05 Å². The average Bonchev–Trinajstić information content (AvgIpc) is 2.94. The van der Waals surface area contributed by atoms with Crippen molar-refractivity contribution in [1.82, 2.24) is 29.3 Å². The van der Waals surface area contributed by atoms with E-state index in [-0.39, 0.29) is 0 Å². The van der Waals surface area contributed by atoms with Gasteiger partial charge in [-0.15, -0.1) is 11.6 Å². The summed E-state index contributed by atoms with van der Waals surface area (Å²) in [5.74, 6) is 1.88. The molecule has 0 aliphatic heterocycles. The van der Waals surface area contributed by atoms with E-state index in [0.29, 0.717) is 12.4 Å². The van der Waals surface area contributed by atoms with Crippen molar-refractivity contribution in [3.63, 3.8) is 0 Å². The first-order valence-electron chi connectivity index (χ1n) is 5.47. The van der Waals surface area contributed by atoms with Gasteiger partial charge in [-0.05, 0) is 6.07 Å². The first-order valence-corrected chi connectivity index (χ1v) is 6.01. The minimum atomic E-state index is 0.349. The van der Waals surface area contributed by atoms with Gasteiger partial charge >= 0.3 is 0 Å². The Balaban J connectivity index is 2.09. The van der Waals surface area contributed by atoms with E-state index in [1.807, 2.05) is 17.7 Å². The lowest BCUT2D eigenvalue weighted by Crippen LogP contribution is -2.06. The topological polar surface area (TPSA) is 61.4 Å². The second-order valence-electron chi connectivity index (χ2n) is 3.95. The number of rotatable bonds is 3. The van der Waals surface area contributed by atoms with Crippen LogP contribution in [0.4, 0.5) is 0 Å². The number of pyridine rings is 1. The van der Waals surface area contributed by atoms with Gasteiger partial charge in [0.05, 0.1) is 24.1 Å². The molecular formula is C11H11ClN6. The lowest BCUT2D eigenvalue weighted by atomic mass is 10.4. The Morgan fingerprint density at radius 1 is 1.39 bits per heavy atom. The molecule has 0 aliphatic carbocycles. The standard InChI is InChI=1S/C11H11ClN6/c1-17-7-14-10(16-17)6-18-9-2-3-13-5-8(9)15-11(18)4-12/h2-3,5,7H,4,6H2,1H3. The molecule has 0 spiro atoms. The molecule has 0 N–H and O–H groups in total. The molecular weight excluding hydrogens is 252 g/mol. The van der Waals surface area contributed by atoms with E-state index in [1.54, 1.807) is 23.4 Å². The number of hydrogen-bond donors (Lipinski definition) is 0. The average molecular weight is 263 g/mol. The molecule has 0 aromatic carbocycles. The summed E-state index contributed by atoms with van der Waals surface area (Å²) in [4.78, 5) is 12.7. The second-order valence-corrected chi connectivity index (χ2v) is 4.21. The highest BCUT2D eigenvalue weighted by atomic mass is 35.5. The van der Waals surface area contributed by atoms with Gasteiger partial charge in [0.25, 0.3) is 0 Å². The van der Waals surface area contributed by atoms with E-state index in [1.165, 1.54) is 0 Å². The molecule has 0 radical (unpaired) electrons. The summed E-state index contributed by atoms with van der Waals surface area (Å²) in [5, 5.41) is 4.27. The van der Waals surface area contributed by atoms with Gasteiger partial charge in [0, 0.05) is 13.2 Å². The van der Waals surface area contributed by atoms with E-state index in [9.17, 15) is 0 Å². The van der Waals surface area contributed by atoms with Crippen LogP contribution in [-0.4, -0.2) is 29.3 Å². The van der Waals surface area contributed by atoms with Crippen molar-refractivity contribution in [3.8, 4) is 0 Å². The quantitative estimate of drug-likeness (QED) is 0.669. The summed E-state index contributed by atoms with van der Waals surface area (Å²) in [6.07, 6.45) is 5.15. The fourth-order valence-electron chi connectivity index (χ4n) is 1.91. The molecule has 0 aliphatic rings. The van der Waals surface area contributed by atoms with Crippen LogP contribution < -0.4 is 0 Å². The minimum Gasteiger partial charge on any atom is -0.319 e. The molecule has 0 bridgehead atoms. The molecule has 0 amide bonds. The largest absolute Gasteiger partial charge is 0.319 e. The second kappa shape index (κ2) is 4.38. The van der Waals surface area contributed by atoms with Gasteiger partial charge < -0.3 is 4.57 Å². The Hall–Kier alpha value is -1.95. The molecule has 3 heterocycles. The molecule has 0 saturated carbocycles. The molecule has 0 saturated heterocycles. The highest BCUT2D eigenvalue weighted by molar-refractivity contribution is 6.16. The van der Waals surface area contributed by atoms with Gasteiger partial charge in [-0.2, -0.15) is 5.10 Å². The third-order valence-corrected chi connectivity index (χ3v) is 2.93. The zero-order valence-electron chi connectivity index (χ0n) is 9.78. The smallest absolute Gasteiger partial charge is 0.170 e. The molecule has 0 atom stereocenters. The summed E-state index contributed by atoms with van der Waals surface area (Å²) in [7, 11) is 1.84. The lowest BCUT2D eigenvalue weighted by Gasteiger charge is -2.04. The van der Waals surface area contributed by atoms with E-state index in [4.69, 9.17) is 11.6 Å². The maximum Gasteiger partial charge on any atom is 0.170 e. The van der Waals surface area contributed by atoms with Crippen molar-refractivity contribution in [3.05, 3.63) is 36.4 Å². The molecule has 18 heavy (non-hydrogen) atoms. The van der Waals surface area contributed by atoms with Crippen molar-refractivity contribution in [1.29, 1.82) is 0 Å². The van der Waals surface area contributed by atoms with Crippen molar-refractivity contribution in [2.45, 2.75) is 12.4 Å². The number of fused-ring (bicyclic) bond motifs is 1. The molecule has 6 nitrogen and oxygen atoms in total. The first-order chi connectivity index (χ1) is 8.78. The number of nitrogens with zero attached hydrogens (tertiary/aromatic N) is 6. The Labute approximate surface area is 108 Å². The molecule has 7 heteroatoms. The number of halogens is 1. The van der Waals surface area contributed by atoms with Crippen LogP contribution >= 0.6 is 11.6 Å². The number of imidazole rings is 1. The van der Waals surface area contributed by atoms with Crippen LogP contribution in [0.15, 0.2) is 24.8 Å². The fraction of sp³-hybridized carbons (Fsp3) is 0.273. The SMILES string of the molecule is Cn1cnc(Cn2c(CCl)nc3cnccc32)n1. The lowest BCUT2D eigenvalue weighted by molar-refractivity contribution is 0.697. The molecule has 3 rings (SSSR count). The third kappa shape index (κ3) is 1.84. The van der Waals surface area contributed by atoms with Crippen molar-refractivity contribution >= 4 is 22.6 Å². The van der Waals surface area contributed by atoms with Gasteiger partial charge in [-0.3, -0.25) is 9.67 Å². The normalized spacial score (nSPS) is 11.2. The summed E-state index contributed by atoms with van der Waals surface area (Å²) in [5.41, 5.74) is 1.83. The van der Waals surface area contributed by atoms with Crippen LogP contribution in [0, 0.1) is 0 Å². The van der Waals surface area contributed by atoms with Crippen LogP contribution in [0.3, 0.4) is 0 Å². The maximum atomic E-state index is 5.93. The summed E-state index contributed by atoms with van der Waals surface area (Å²) >= 11 is 5.93. The Morgan fingerprint density at radius 3 is 3.00 bits per heavy atom. The Morgan fingerprint density at radius 2 is 2.28 bits per heavy atom. The number of aromatic nitrogens is 6. The number of hydrogen-bond acceptors (Lipinski definition) is 4. The number of alkyl halides is 1. The van der Waals surface area contributed by atoms with Crippen LogP contribution in [0.25, 0.3) is 11.0 Å².